The molecule has 0 aromatic heterocycles. The summed E-state index contributed by atoms with van der Waals surface area (Å²) in [5.41, 5.74) is 2.91. The van der Waals surface area contributed by atoms with Crippen LogP contribution in [0, 0.1) is 6.92 Å². The largest absolute Gasteiger partial charge is 0.497 e. The maximum absolute atomic E-state index is 12.8. The Morgan fingerprint density at radius 2 is 1.97 bits per heavy atom. The molecule has 0 N–H and O–H groups in total. The van der Waals surface area contributed by atoms with E-state index in [2.05, 4.69) is 0 Å². The second-order valence-electron chi connectivity index (χ2n) is 7.21. The molecule has 1 fully saturated rings. The molecule has 2 aromatic rings. The average Bonchev–Trinajstić information content (AvgIpc) is 3.25. The van der Waals surface area contributed by atoms with Crippen LogP contribution in [-0.4, -0.2) is 44.1 Å². The summed E-state index contributed by atoms with van der Waals surface area (Å²) in [6.07, 6.45) is 4.71. The van der Waals surface area contributed by atoms with Crippen molar-refractivity contribution in [2.24, 2.45) is 0 Å². The highest BCUT2D eigenvalue weighted by molar-refractivity contribution is 5.89. The number of rotatable bonds is 7. The lowest BCUT2D eigenvalue weighted by molar-refractivity contribution is -0.148. The van der Waals surface area contributed by atoms with Gasteiger partial charge in [0.2, 0.25) is 0 Å². The summed E-state index contributed by atoms with van der Waals surface area (Å²) in [5.74, 6) is 0.649. The molecule has 1 aliphatic rings. The number of nitrogens with zero attached hydrogens (tertiary/aromatic N) is 1. The van der Waals surface area contributed by atoms with Gasteiger partial charge in [0.1, 0.15) is 11.5 Å². The molecule has 3 rings (SSSR count). The fourth-order valence-electron chi connectivity index (χ4n) is 3.69. The third-order valence-corrected chi connectivity index (χ3v) is 5.16. The molecule has 1 saturated heterocycles. The summed E-state index contributed by atoms with van der Waals surface area (Å²) in [4.78, 5) is 26.5. The summed E-state index contributed by atoms with van der Waals surface area (Å²) >= 11 is 0. The first-order chi connectivity index (χ1) is 14.5. The maximum Gasteiger partial charge on any atom is 0.331 e. The normalized spacial score (nSPS) is 16.0. The maximum atomic E-state index is 12.8. The lowest BCUT2D eigenvalue weighted by Gasteiger charge is -2.26. The number of carbonyl (C=O) groups is 2. The van der Waals surface area contributed by atoms with Crippen LogP contribution in [0.3, 0.4) is 0 Å². The summed E-state index contributed by atoms with van der Waals surface area (Å²) in [6, 6.07) is 13.2. The molecular weight excluding hydrogens is 382 g/mol. The molecule has 2 aromatic carbocycles. The van der Waals surface area contributed by atoms with E-state index in [0.717, 1.165) is 29.5 Å². The van der Waals surface area contributed by atoms with Crippen molar-refractivity contribution in [3.63, 3.8) is 0 Å². The average molecular weight is 409 g/mol. The third-order valence-electron chi connectivity index (χ3n) is 5.16. The molecule has 0 bridgehead atoms. The molecule has 0 spiro atoms. The topological polar surface area (TPSA) is 65.1 Å². The van der Waals surface area contributed by atoms with Crippen LogP contribution < -0.4 is 9.47 Å². The van der Waals surface area contributed by atoms with Gasteiger partial charge in [-0.1, -0.05) is 29.8 Å². The molecule has 0 aliphatic carbocycles. The van der Waals surface area contributed by atoms with Crippen LogP contribution in [-0.2, 0) is 14.3 Å². The molecule has 6 heteroatoms. The minimum absolute atomic E-state index is 0.135. The highest BCUT2D eigenvalue weighted by Crippen LogP contribution is 2.38. The Hall–Kier alpha value is -3.28. The van der Waals surface area contributed by atoms with Gasteiger partial charge in [0, 0.05) is 18.2 Å². The number of hydrogen-bond donors (Lipinski definition) is 0. The molecule has 0 saturated carbocycles. The number of ether oxygens (including phenoxy) is 3. The van der Waals surface area contributed by atoms with Gasteiger partial charge in [-0.25, -0.2) is 4.79 Å². The summed E-state index contributed by atoms with van der Waals surface area (Å²) < 4.78 is 16.0. The van der Waals surface area contributed by atoms with Crippen LogP contribution in [0.15, 0.2) is 48.5 Å². The SMILES string of the molecule is COc1ccc(OC)c([C@@H]2CCCN2C(=O)COC(=O)/C=C/c2cccc(C)c2)c1. The number of aryl methyl sites for hydroxylation is 1. The standard InChI is InChI=1S/C24H27NO5/c1-17-6-4-7-18(14-17)9-12-24(27)30-16-23(26)25-13-5-8-21(25)20-15-19(28-2)10-11-22(20)29-3/h4,6-7,9-12,14-15,21H,5,8,13,16H2,1-3H3/b12-9+/t21-/m0/s1. The van der Waals surface area contributed by atoms with Crippen molar-refractivity contribution < 1.29 is 23.8 Å². The lowest BCUT2D eigenvalue weighted by Crippen LogP contribution is -2.34. The van der Waals surface area contributed by atoms with Crippen molar-refractivity contribution in [2.45, 2.75) is 25.8 Å². The van der Waals surface area contributed by atoms with Gasteiger partial charge >= 0.3 is 5.97 Å². The van der Waals surface area contributed by atoms with Gasteiger partial charge in [0.25, 0.3) is 5.91 Å². The van der Waals surface area contributed by atoms with Gasteiger partial charge in [-0.3, -0.25) is 4.79 Å². The molecule has 1 heterocycles. The number of benzene rings is 2. The van der Waals surface area contributed by atoms with Crippen LogP contribution in [0.4, 0.5) is 0 Å². The minimum atomic E-state index is -0.542. The third kappa shape index (κ3) is 5.20. The van der Waals surface area contributed by atoms with Crippen LogP contribution >= 0.6 is 0 Å². The second-order valence-corrected chi connectivity index (χ2v) is 7.21. The van der Waals surface area contributed by atoms with Gasteiger partial charge in [-0.2, -0.15) is 0 Å². The number of hydrogen-bond acceptors (Lipinski definition) is 5. The molecule has 158 valence electrons. The van der Waals surface area contributed by atoms with E-state index in [1.165, 1.54) is 6.08 Å². The van der Waals surface area contributed by atoms with Gasteiger partial charge in [-0.15, -0.1) is 0 Å². The Morgan fingerprint density at radius 3 is 2.70 bits per heavy atom. The van der Waals surface area contributed by atoms with E-state index in [9.17, 15) is 9.59 Å². The Balaban J connectivity index is 1.63. The van der Waals surface area contributed by atoms with Crippen molar-refractivity contribution >= 4 is 18.0 Å². The number of carbonyl (C=O) groups excluding carboxylic acids is 2. The van der Waals surface area contributed by atoms with Crippen molar-refractivity contribution in [3.05, 3.63) is 65.2 Å². The highest BCUT2D eigenvalue weighted by atomic mass is 16.5. The zero-order chi connectivity index (χ0) is 21.5. The monoisotopic (exact) mass is 409 g/mol. The van der Waals surface area contributed by atoms with E-state index in [1.54, 1.807) is 25.2 Å². The number of methoxy groups -OCH3 is 2. The minimum Gasteiger partial charge on any atom is -0.497 e. The Morgan fingerprint density at radius 1 is 1.13 bits per heavy atom. The quantitative estimate of drug-likeness (QED) is 0.512. The molecule has 1 atom stereocenters. The smallest absolute Gasteiger partial charge is 0.331 e. The lowest BCUT2D eigenvalue weighted by atomic mass is 10.0. The predicted octanol–water partition coefficient (Wildman–Crippen LogP) is 3.93. The molecule has 0 unspecified atom stereocenters. The van der Waals surface area contributed by atoms with Gasteiger partial charge in [0.05, 0.1) is 20.3 Å². The van der Waals surface area contributed by atoms with Gasteiger partial charge in [-0.05, 0) is 49.6 Å². The fraction of sp³-hybridized carbons (Fsp3) is 0.333. The fourth-order valence-corrected chi connectivity index (χ4v) is 3.69. The summed E-state index contributed by atoms with van der Waals surface area (Å²) in [6.45, 7) is 2.30. The van der Waals surface area contributed by atoms with Crippen LogP contribution in [0.2, 0.25) is 0 Å². The van der Waals surface area contributed by atoms with Crippen LogP contribution in [0.1, 0.15) is 35.6 Å². The molecule has 0 radical (unpaired) electrons. The van der Waals surface area contributed by atoms with E-state index in [1.807, 2.05) is 49.4 Å². The molecule has 30 heavy (non-hydrogen) atoms. The number of likely N-dealkylation sites (tertiary alicyclic amines) is 1. The Labute approximate surface area is 177 Å². The van der Waals surface area contributed by atoms with E-state index in [0.29, 0.717) is 18.0 Å². The summed E-state index contributed by atoms with van der Waals surface area (Å²) in [7, 11) is 3.21. The van der Waals surface area contributed by atoms with Crippen molar-refractivity contribution in [1.82, 2.24) is 4.90 Å². The molecular formula is C24H27NO5. The first kappa shape index (κ1) is 21.4. The zero-order valence-corrected chi connectivity index (χ0v) is 17.6. The van der Waals surface area contributed by atoms with Crippen LogP contribution in [0.5, 0.6) is 11.5 Å². The van der Waals surface area contributed by atoms with E-state index in [4.69, 9.17) is 14.2 Å². The van der Waals surface area contributed by atoms with Crippen LogP contribution in [0.25, 0.3) is 6.08 Å². The van der Waals surface area contributed by atoms with Crippen molar-refractivity contribution in [2.75, 3.05) is 27.4 Å². The Bertz CT molecular complexity index is 937. The van der Waals surface area contributed by atoms with E-state index in [-0.39, 0.29) is 18.6 Å². The predicted molar refractivity (Wildman–Crippen MR) is 114 cm³/mol. The van der Waals surface area contributed by atoms with Gasteiger partial charge < -0.3 is 19.1 Å². The molecule has 6 nitrogen and oxygen atoms in total. The highest BCUT2D eigenvalue weighted by Gasteiger charge is 2.32. The Kier molecular flexibility index (Phi) is 7.12. The molecule has 1 amide bonds. The molecule has 1 aliphatic heterocycles. The number of esters is 1. The van der Waals surface area contributed by atoms with E-state index < -0.39 is 5.97 Å². The van der Waals surface area contributed by atoms with Crippen molar-refractivity contribution in [1.29, 1.82) is 0 Å². The van der Waals surface area contributed by atoms with Crippen molar-refractivity contribution in [3.8, 4) is 11.5 Å². The second kappa shape index (κ2) is 9.96. The zero-order valence-electron chi connectivity index (χ0n) is 17.6. The first-order valence-corrected chi connectivity index (χ1v) is 9.94. The first-order valence-electron chi connectivity index (χ1n) is 9.94. The summed E-state index contributed by atoms with van der Waals surface area (Å²) in [5, 5.41) is 0. The number of amides is 1. The van der Waals surface area contributed by atoms with Gasteiger partial charge in [0.15, 0.2) is 6.61 Å². The van der Waals surface area contributed by atoms with E-state index >= 15 is 0 Å².